The number of hydrogen-bond donors (Lipinski definition) is 2. The van der Waals surface area contributed by atoms with Crippen LogP contribution in [0.15, 0.2) is 0 Å². The van der Waals surface area contributed by atoms with Crippen LogP contribution in [-0.2, 0) is 9.59 Å². The van der Waals surface area contributed by atoms with Crippen LogP contribution in [0, 0.1) is 5.92 Å². The molecule has 0 saturated heterocycles. The van der Waals surface area contributed by atoms with Gasteiger partial charge in [0.15, 0.2) is 0 Å². The lowest BCUT2D eigenvalue weighted by atomic mass is 10.0. The van der Waals surface area contributed by atoms with Gasteiger partial charge in [-0.15, -0.1) is 0 Å². The van der Waals surface area contributed by atoms with Crippen molar-refractivity contribution in [3.8, 4) is 0 Å². The molecule has 0 aromatic heterocycles. The van der Waals surface area contributed by atoms with Gasteiger partial charge in [0.1, 0.15) is 0 Å². The van der Waals surface area contributed by atoms with E-state index in [0.717, 1.165) is 19.3 Å². The van der Waals surface area contributed by atoms with E-state index in [-0.39, 0.29) is 18.7 Å². The number of carbonyl (C=O) groups excluding carboxylic acids is 2. The summed E-state index contributed by atoms with van der Waals surface area (Å²) >= 11 is 0. The number of carbonyl (C=O) groups is 2. The Morgan fingerprint density at radius 3 is 1.53 bits per heavy atom. The number of rotatable bonds is 11. The summed E-state index contributed by atoms with van der Waals surface area (Å²) < 4.78 is 0. The molecule has 116 valence electrons. The van der Waals surface area contributed by atoms with Gasteiger partial charge in [0, 0.05) is 5.92 Å². The number of aliphatic carboxylic acids is 2. The molecule has 0 atom stereocenters. The van der Waals surface area contributed by atoms with Crippen molar-refractivity contribution < 1.29 is 19.8 Å². The first-order valence-electron chi connectivity index (χ1n) is 6.51. The van der Waals surface area contributed by atoms with E-state index in [0.29, 0.717) is 6.42 Å². The normalized spacial score (nSPS) is 9.58. The molecule has 0 aromatic carbocycles. The molecule has 0 rings (SSSR count). The van der Waals surface area contributed by atoms with Crippen molar-refractivity contribution in [3.63, 3.8) is 0 Å². The SMILES string of the molecule is CCCCCCCCCCC(C(=O)[O-])C(=O)[O-].[NH4+].[NH4+]. The van der Waals surface area contributed by atoms with E-state index >= 15 is 0 Å². The Labute approximate surface area is 115 Å². The maximum absolute atomic E-state index is 10.4. The van der Waals surface area contributed by atoms with Crippen LogP contribution in [-0.4, -0.2) is 11.9 Å². The van der Waals surface area contributed by atoms with Gasteiger partial charge in [-0.1, -0.05) is 58.3 Å². The highest BCUT2D eigenvalue weighted by molar-refractivity contribution is 5.90. The zero-order valence-electron chi connectivity index (χ0n) is 12.6. The average molecular weight is 278 g/mol. The van der Waals surface area contributed by atoms with Crippen molar-refractivity contribution >= 4 is 11.9 Å². The van der Waals surface area contributed by atoms with Gasteiger partial charge in [-0.3, -0.25) is 0 Å². The molecule has 0 aliphatic carbocycles. The van der Waals surface area contributed by atoms with Crippen molar-refractivity contribution in [2.24, 2.45) is 5.92 Å². The Morgan fingerprint density at radius 2 is 1.16 bits per heavy atom. The van der Waals surface area contributed by atoms with Gasteiger partial charge < -0.3 is 32.1 Å². The fraction of sp³-hybridized carbons (Fsp3) is 0.846. The highest BCUT2D eigenvalue weighted by atomic mass is 16.4. The second-order valence-electron chi connectivity index (χ2n) is 4.45. The van der Waals surface area contributed by atoms with Crippen LogP contribution in [0.5, 0.6) is 0 Å². The standard InChI is InChI=1S/C13H24O4.2H3N/c1-2-3-4-5-6-7-8-9-10-11(12(14)15)13(16)17;;/h11H,2-10H2,1H3,(H,14,15)(H,16,17);2*1H3. The summed E-state index contributed by atoms with van der Waals surface area (Å²) in [6, 6.07) is 0. The van der Waals surface area contributed by atoms with Crippen LogP contribution in [0.25, 0.3) is 0 Å². The topological polar surface area (TPSA) is 153 Å². The summed E-state index contributed by atoms with van der Waals surface area (Å²) in [6.07, 6.45) is 8.73. The molecular weight excluding hydrogens is 248 g/mol. The molecule has 0 aliphatic rings. The summed E-state index contributed by atoms with van der Waals surface area (Å²) in [5, 5.41) is 20.9. The van der Waals surface area contributed by atoms with Crippen LogP contribution in [0.3, 0.4) is 0 Å². The number of carboxylic acids is 2. The van der Waals surface area contributed by atoms with E-state index in [1.165, 1.54) is 25.7 Å². The lowest BCUT2D eigenvalue weighted by Gasteiger charge is -2.18. The second kappa shape index (κ2) is 14.9. The van der Waals surface area contributed by atoms with Crippen molar-refractivity contribution in [2.75, 3.05) is 0 Å². The number of hydrogen-bond acceptors (Lipinski definition) is 4. The molecule has 6 heteroatoms. The average Bonchev–Trinajstić information content (AvgIpc) is 2.26. The van der Waals surface area contributed by atoms with Gasteiger partial charge in [-0.05, 0) is 6.42 Å². The van der Waals surface area contributed by atoms with Gasteiger partial charge in [0.25, 0.3) is 0 Å². The van der Waals surface area contributed by atoms with E-state index in [9.17, 15) is 19.8 Å². The molecule has 0 amide bonds. The van der Waals surface area contributed by atoms with E-state index < -0.39 is 17.9 Å². The molecule has 0 radical (unpaired) electrons. The monoisotopic (exact) mass is 278 g/mol. The zero-order chi connectivity index (χ0) is 13.1. The van der Waals surface area contributed by atoms with E-state index in [4.69, 9.17) is 0 Å². The molecule has 0 fully saturated rings. The molecular formula is C13H30N2O4. The fourth-order valence-electron chi connectivity index (χ4n) is 1.81. The molecule has 0 bridgehead atoms. The first kappa shape index (κ1) is 23.0. The smallest absolute Gasteiger partial charge is 0.0501 e. The summed E-state index contributed by atoms with van der Waals surface area (Å²) in [7, 11) is 0. The molecule has 0 unspecified atom stereocenters. The third-order valence-electron chi connectivity index (χ3n) is 2.92. The largest absolute Gasteiger partial charge is 0.549 e. The maximum Gasteiger partial charge on any atom is 0.0501 e. The van der Waals surface area contributed by atoms with Gasteiger partial charge in [0.2, 0.25) is 0 Å². The van der Waals surface area contributed by atoms with Gasteiger partial charge in [-0.2, -0.15) is 0 Å². The summed E-state index contributed by atoms with van der Waals surface area (Å²) in [5.74, 6) is -4.52. The van der Waals surface area contributed by atoms with Crippen molar-refractivity contribution in [1.29, 1.82) is 0 Å². The highest BCUT2D eigenvalue weighted by Gasteiger charge is 2.10. The molecule has 8 N–H and O–H groups in total. The second-order valence-corrected chi connectivity index (χ2v) is 4.45. The molecule has 0 heterocycles. The fourth-order valence-corrected chi connectivity index (χ4v) is 1.81. The van der Waals surface area contributed by atoms with Crippen molar-refractivity contribution in [3.05, 3.63) is 0 Å². The van der Waals surface area contributed by atoms with Crippen LogP contribution >= 0.6 is 0 Å². The third kappa shape index (κ3) is 13.1. The minimum absolute atomic E-state index is 0. The predicted octanol–water partition coefficient (Wildman–Crippen LogP) is 1.39. The minimum atomic E-state index is -1.53. The van der Waals surface area contributed by atoms with Crippen LogP contribution in [0.2, 0.25) is 0 Å². The van der Waals surface area contributed by atoms with Gasteiger partial charge >= 0.3 is 0 Å². The van der Waals surface area contributed by atoms with E-state index in [2.05, 4.69) is 6.92 Å². The summed E-state index contributed by atoms with van der Waals surface area (Å²) in [6.45, 7) is 2.17. The van der Waals surface area contributed by atoms with E-state index in [1.807, 2.05) is 0 Å². The Bertz CT molecular complexity index is 221. The lowest BCUT2D eigenvalue weighted by Crippen LogP contribution is -2.43. The molecule has 0 aliphatic heterocycles. The molecule has 19 heavy (non-hydrogen) atoms. The van der Waals surface area contributed by atoms with Crippen molar-refractivity contribution in [2.45, 2.75) is 64.7 Å². The Kier molecular flexibility index (Phi) is 18.1. The maximum atomic E-state index is 10.4. The van der Waals surface area contributed by atoms with Gasteiger partial charge in [0.05, 0.1) is 11.9 Å². The highest BCUT2D eigenvalue weighted by Crippen LogP contribution is 2.12. The molecule has 0 spiro atoms. The third-order valence-corrected chi connectivity index (χ3v) is 2.92. The first-order chi connectivity index (χ1) is 8.09. The van der Waals surface area contributed by atoms with Crippen LogP contribution < -0.4 is 22.5 Å². The lowest BCUT2D eigenvalue weighted by molar-refractivity contribution is -0.332. The van der Waals surface area contributed by atoms with Crippen molar-refractivity contribution in [1.82, 2.24) is 12.3 Å². The van der Waals surface area contributed by atoms with E-state index in [1.54, 1.807) is 0 Å². The Morgan fingerprint density at radius 1 is 0.789 bits per heavy atom. The first-order valence-corrected chi connectivity index (χ1v) is 6.51. The molecule has 0 aromatic rings. The quantitative estimate of drug-likeness (QED) is 0.432. The number of quaternary nitrogens is 2. The summed E-state index contributed by atoms with van der Waals surface area (Å²) in [4.78, 5) is 20.9. The Hall–Kier alpha value is -1.14. The Balaban J connectivity index is -0.00000128. The molecule has 0 saturated carbocycles. The number of unbranched alkanes of at least 4 members (excludes halogenated alkanes) is 7. The van der Waals surface area contributed by atoms with Crippen LogP contribution in [0.4, 0.5) is 0 Å². The molecule has 6 nitrogen and oxygen atoms in total. The zero-order valence-corrected chi connectivity index (χ0v) is 12.6. The minimum Gasteiger partial charge on any atom is -0.549 e. The number of carboxylic acid groups (broad SMARTS) is 2. The summed E-state index contributed by atoms with van der Waals surface area (Å²) in [5.41, 5.74) is 0. The van der Waals surface area contributed by atoms with Crippen LogP contribution in [0.1, 0.15) is 64.7 Å². The predicted molar refractivity (Wildman–Crippen MR) is 72.7 cm³/mol. The van der Waals surface area contributed by atoms with Gasteiger partial charge in [-0.25, -0.2) is 0 Å².